The molecule has 2 amide bonds. The zero-order valence-corrected chi connectivity index (χ0v) is 27.2. The molecule has 0 saturated heterocycles. The smallest absolute Gasteiger partial charge is 0.252 e. The van der Waals surface area contributed by atoms with E-state index in [1.165, 1.54) is 5.57 Å². The molecule has 3 atom stereocenters. The molecule has 46 heavy (non-hydrogen) atoms. The molecule has 2 aliphatic rings. The van der Waals surface area contributed by atoms with Crippen LogP contribution in [0, 0.1) is 5.92 Å². The Balaban J connectivity index is 1.25. The maximum atomic E-state index is 13.8. The third kappa shape index (κ3) is 8.73. The van der Waals surface area contributed by atoms with Gasteiger partial charge in [0.25, 0.3) is 5.91 Å². The number of imidazole rings is 1. The molecule has 2 heterocycles. The van der Waals surface area contributed by atoms with Crippen LogP contribution in [0.25, 0.3) is 10.8 Å². The van der Waals surface area contributed by atoms with E-state index in [1.54, 1.807) is 6.20 Å². The molecule has 0 radical (unpaired) electrons. The SMILES string of the molecule is CCCN(CCC)CCC[C@H](NC(=O)c1ccc(CNCc2ncc[nH]2)c2ccccc12)C(=O)NCCC1=CNC2C=CC=CC12. The first-order valence-corrected chi connectivity index (χ1v) is 16.9. The number of aromatic nitrogens is 2. The summed E-state index contributed by atoms with van der Waals surface area (Å²) in [7, 11) is 0. The summed E-state index contributed by atoms with van der Waals surface area (Å²) in [5, 5.41) is 15.0. The van der Waals surface area contributed by atoms with E-state index in [0.29, 0.717) is 43.6 Å². The van der Waals surface area contributed by atoms with Crippen LogP contribution in [0.1, 0.15) is 67.7 Å². The van der Waals surface area contributed by atoms with Crippen molar-refractivity contribution in [3.05, 3.63) is 102 Å². The predicted octanol–water partition coefficient (Wildman–Crippen LogP) is 4.96. The normalized spacial score (nSPS) is 17.5. The van der Waals surface area contributed by atoms with Gasteiger partial charge in [-0.3, -0.25) is 9.59 Å². The highest BCUT2D eigenvalue weighted by molar-refractivity contribution is 6.09. The van der Waals surface area contributed by atoms with E-state index in [0.717, 1.165) is 67.5 Å². The second kappa shape index (κ2) is 16.9. The molecule has 9 heteroatoms. The summed E-state index contributed by atoms with van der Waals surface area (Å²) in [6.45, 7) is 9.17. The molecule has 5 rings (SSSR count). The highest BCUT2D eigenvalue weighted by Crippen LogP contribution is 2.28. The Kier molecular flexibility index (Phi) is 12.2. The highest BCUT2D eigenvalue weighted by atomic mass is 16.2. The lowest BCUT2D eigenvalue weighted by atomic mass is 9.90. The first-order valence-electron chi connectivity index (χ1n) is 16.9. The number of allylic oxidation sites excluding steroid dienone is 2. The second-order valence-corrected chi connectivity index (χ2v) is 12.2. The largest absolute Gasteiger partial charge is 0.384 e. The first-order chi connectivity index (χ1) is 22.6. The van der Waals surface area contributed by atoms with Crippen molar-refractivity contribution >= 4 is 22.6 Å². The van der Waals surface area contributed by atoms with Gasteiger partial charge in [0.15, 0.2) is 0 Å². The summed E-state index contributed by atoms with van der Waals surface area (Å²) in [4.78, 5) is 37.3. The second-order valence-electron chi connectivity index (χ2n) is 12.2. The Bertz CT molecular complexity index is 1520. The molecule has 9 nitrogen and oxygen atoms in total. The fourth-order valence-corrected chi connectivity index (χ4v) is 6.53. The molecule has 0 fully saturated rings. The van der Waals surface area contributed by atoms with E-state index >= 15 is 0 Å². The monoisotopic (exact) mass is 623 g/mol. The number of amides is 2. The van der Waals surface area contributed by atoms with Gasteiger partial charge in [0.1, 0.15) is 11.9 Å². The van der Waals surface area contributed by atoms with Crippen molar-refractivity contribution in [3.63, 3.8) is 0 Å². The molecule has 1 aromatic heterocycles. The fraction of sp³-hybridized carbons (Fsp3) is 0.432. The minimum atomic E-state index is -0.619. The zero-order chi connectivity index (χ0) is 32.1. The lowest BCUT2D eigenvalue weighted by molar-refractivity contribution is -0.123. The van der Waals surface area contributed by atoms with Gasteiger partial charge < -0.3 is 31.2 Å². The van der Waals surface area contributed by atoms with Crippen molar-refractivity contribution in [1.82, 2.24) is 36.1 Å². The molecule has 3 aromatic rings. The van der Waals surface area contributed by atoms with Gasteiger partial charge >= 0.3 is 0 Å². The Morgan fingerprint density at radius 2 is 1.78 bits per heavy atom. The van der Waals surface area contributed by atoms with E-state index < -0.39 is 6.04 Å². The van der Waals surface area contributed by atoms with Crippen LogP contribution >= 0.6 is 0 Å². The molecule has 1 aliphatic carbocycles. The third-order valence-electron chi connectivity index (χ3n) is 8.83. The van der Waals surface area contributed by atoms with Gasteiger partial charge in [-0.15, -0.1) is 0 Å². The molecule has 0 spiro atoms. The number of rotatable bonds is 18. The van der Waals surface area contributed by atoms with E-state index in [-0.39, 0.29) is 11.8 Å². The van der Waals surface area contributed by atoms with Gasteiger partial charge in [-0.05, 0) is 85.9 Å². The number of aromatic amines is 1. The summed E-state index contributed by atoms with van der Waals surface area (Å²) in [6.07, 6.45) is 18.5. The Hall–Kier alpha value is -4.21. The quantitative estimate of drug-likeness (QED) is 0.137. The van der Waals surface area contributed by atoms with E-state index in [2.05, 4.69) is 80.5 Å². The first kappa shape index (κ1) is 33.2. The van der Waals surface area contributed by atoms with Crippen LogP contribution in [0.5, 0.6) is 0 Å². The topological polar surface area (TPSA) is 114 Å². The predicted molar refractivity (Wildman–Crippen MR) is 185 cm³/mol. The zero-order valence-electron chi connectivity index (χ0n) is 27.2. The van der Waals surface area contributed by atoms with Gasteiger partial charge in [-0.2, -0.15) is 0 Å². The van der Waals surface area contributed by atoms with Crippen molar-refractivity contribution in [3.8, 4) is 0 Å². The number of hydrogen-bond donors (Lipinski definition) is 5. The van der Waals surface area contributed by atoms with Gasteiger partial charge in [0.2, 0.25) is 5.91 Å². The number of hydrogen-bond acceptors (Lipinski definition) is 6. The maximum Gasteiger partial charge on any atom is 0.252 e. The van der Waals surface area contributed by atoms with Crippen LogP contribution in [0.4, 0.5) is 0 Å². The van der Waals surface area contributed by atoms with E-state index in [9.17, 15) is 9.59 Å². The van der Waals surface area contributed by atoms with Crippen LogP contribution in [-0.4, -0.2) is 64.9 Å². The van der Waals surface area contributed by atoms with Crippen molar-refractivity contribution in [1.29, 1.82) is 0 Å². The molecular formula is C37H49N7O2. The number of benzene rings is 2. The molecule has 1 aliphatic heterocycles. The van der Waals surface area contributed by atoms with Gasteiger partial charge in [-0.1, -0.05) is 68.5 Å². The number of nitrogens with zero attached hydrogens (tertiary/aromatic N) is 2. The van der Waals surface area contributed by atoms with Crippen LogP contribution in [0.3, 0.4) is 0 Å². The summed E-state index contributed by atoms with van der Waals surface area (Å²) in [5.74, 6) is 0.851. The third-order valence-corrected chi connectivity index (χ3v) is 8.83. The van der Waals surface area contributed by atoms with Crippen LogP contribution in [0.2, 0.25) is 0 Å². The van der Waals surface area contributed by atoms with E-state index in [4.69, 9.17) is 0 Å². The van der Waals surface area contributed by atoms with Gasteiger partial charge in [-0.25, -0.2) is 4.98 Å². The number of carbonyl (C=O) groups excluding carboxylic acids is 2. The number of H-pyrrole nitrogens is 1. The van der Waals surface area contributed by atoms with Gasteiger partial charge in [0.05, 0.1) is 12.6 Å². The van der Waals surface area contributed by atoms with E-state index in [1.807, 2.05) is 42.6 Å². The Morgan fingerprint density at radius 1 is 0.978 bits per heavy atom. The maximum absolute atomic E-state index is 13.8. The van der Waals surface area contributed by atoms with Gasteiger partial charge in [0, 0.05) is 37.0 Å². The highest BCUT2D eigenvalue weighted by Gasteiger charge is 2.27. The lowest BCUT2D eigenvalue weighted by Gasteiger charge is -2.24. The number of fused-ring (bicyclic) bond motifs is 2. The summed E-state index contributed by atoms with van der Waals surface area (Å²) < 4.78 is 0. The van der Waals surface area contributed by atoms with Crippen LogP contribution < -0.4 is 21.3 Å². The average Bonchev–Trinajstić information content (AvgIpc) is 3.75. The minimum Gasteiger partial charge on any atom is -0.384 e. The molecule has 2 aromatic carbocycles. The number of nitrogens with one attached hydrogen (secondary N) is 5. The summed E-state index contributed by atoms with van der Waals surface area (Å²) >= 11 is 0. The standard InChI is InChI=1S/C37H49N7O2/c1-3-21-44(22-4-2)23-9-14-34(37(46)41-18-17-28-25-42-33-13-8-7-11-30(28)33)43-36(45)32-16-15-27(29-10-5-6-12-31(29)32)24-38-26-35-39-19-20-40-35/h5-8,10-13,15-16,19-20,25,30,33-34,38,42H,3-4,9,14,17-18,21-24,26H2,1-2H3,(H,39,40)(H,41,46)(H,43,45)/t30?,33?,34-/m0/s1. The molecule has 0 saturated carbocycles. The Morgan fingerprint density at radius 3 is 2.57 bits per heavy atom. The Labute approximate surface area is 273 Å². The lowest BCUT2D eigenvalue weighted by Crippen LogP contribution is -2.47. The van der Waals surface area contributed by atoms with Crippen LogP contribution in [0.15, 0.2) is 84.9 Å². The van der Waals surface area contributed by atoms with Crippen molar-refractivity contribution in [2.75, 3.05) is 26.2 Å². The number of carbonyl (C=O) groups is 2. The summed E-state index contributed by atoms with van der Waals surface area (Å²) in [6, 6.07) is 11.5. The average molecular weight is 624 g/mol. The molecular weight excluding hydrogens is 574 g/mol. The van der Waals surface area contributed by atoms with Crippen molar-refractivity contribution in [2.45, 2.75) is 71.1 Å². The fourth-order valence-electron chi connectivity index (χ4n) is 6.53. The molecule has 2 unspecified atom stereocenters. The van der Waals surface area contributed by atoms with Crippen molar-refractivity contribution < 1.29 is 9.59 Å². The minimum absolute atomic E-state index is 0.129. The van der Waals surface area contributed by atoms with Crippen molar-refractivity contribution in [2.24, 2.45) is 5.92 Å². The summed E-state index contributed by atoms with van der Waals surface area (Å²) in [5.41, 5.74) is 2.96. The van der Waals surface area contributed by atoms with Crippen LogP contribution in [-0.2, 0) is 17.9 Å². The molecule has 5 N–H and O–H groups in total. The molecule has 0 bridgehead atoms. The molecule has 244 valence electrons.